The number of aromatic nitrogens is 2. The summed E-state index contributed by atoms with van der Waals surface area (Å²) in [4.78, 5) is 11.6. The molecule has 0 aromatic carbocycles. The van der Waals surface area contributed by atoms with Crippen molar-refractivity contribution in [1.82, 2.24) is 9.78 Å². The summed E-state index contributed by atoms with van der Waals surface area (Å²) >= 11 is 0. The monoisotopic (exact) mass is 222 g/mol. The van der Waals surface area contributed by atoms with Crippen LogP contribution in [0.25, 0.3) is 0 Å². The molecule has 0 radical (unpaired) electrons. The Morgan fingerprint density at radius 1 is 1.56 bits per heavy atom. The molecule has 0 amide bonds. The Balaban J connectivity index is 2.05. The largest absolute Gasteiger partial charge is 0.391 e. The molecule has 1 atom stereocenters. The molecule has 16 heavy (non-hydrogen) atoms. The predicted octanol–water partition coefficient (Wildman–Crippen LogP) is 1.10. The quantitative estimate of drug-likeness (QED) is 0.833. The lowest BCUT2D eigenvalue weighted by molar-refractivity contribution is 0.0878. The van der Waals surface area contributed by atoms with E-state index in [-0.39, 0.29) is 5.56 Å². The number of hydrogen-bond donors (Lipinski definition) is 1. The highest BCUT2D eigenvalue weighted by Gasteiger charge is 2.23. The second-order valence-electron chi connectivity index (χ2n) is 4.67. The number of aryl methyl sites for hydroxylation is 1. The van der Waals surface area contributed by atoms with Gasteiger partial charge in [0.15, 0.2) is 0 Å². The van der Waals surface area contributed by atoms with Gasteiger partial charge in [0.25, 0.3) is 5.56 Å². The highest BCUT2D eigenvalue weighted by atomic mass is 16.3. The Kier molecular flexibility index (Phi) is 3.39. The molecule has 1 aromatic heterocycles. The summed E-state index contributed by atoms with van der Waals surface area (Å²) in [7, 11) is 0. The minimum atomic E-state index is -0.435. The van der Waals surface area contributed by atoms with Crippen LogP contribution in [0.2, 0.25) is 0 Å². The number of aliphatic hydroxyl groups excluding tert-OH is 1. The van der Waals surface area contributed by atoms with Gasteiger partial charge in [-0.15, -0.1) is 0 Å². The maximum Gasteiger partial charge on any atom is 0.267 e. The summed E-state index contributed by atoms with van der Waals surface area (Å²) in [6.07, 6.45) is 5.75. The number of aliphatic hydroxyl groups is 1. The van der Waals surface area contributed by atoms with Gasteiger partial charge in [0.1, 0.15) is 0 Å². The second-order valence-corrected chi connectivity index (χ2v) is 4.67. The van der Waals surface area contributed by atoms with Crippen LogP contribution in [0.5, 0.6) is 0 Å². The molecule has 0 saturated heterocycles. The third-order valence-electron chi connectivity index (χ3n) is 3.31. The summed E-state index contributed by atoms with van der Waals surface area (Å²) in [5, 5.41) is 14.0. The van der Waals surface area contributed by atoms with Crippen molar-refractivity contribution >= 4 is 0 Å². The van der Waals surface area contributed by atoms with Crippen LogP contribution < -0.4 is 5.56 Å². The Hall–Kier alpha value is -1.16. The molecule has 0 bridgehead atoms. The average molecular weight is 222 g/mol. The van der Waals surface area contributed by atoms with Crippen LogP contribution in [-0.2, 0) is 6.54 Å². The van der Waals surface area contributed by atoms with Gasteiger partial charge in [0, 0.05) is 6.07 Å². The van der Waals surface area contributed by atoms with E-state index in [4.69, 9.17) is 0 Å². The van der Waals surface area contributed by atoms with E-state index in [0.717, 1.165) is 18.4 Å². The molecule has 2 rings (SSSR count). The van der Waals surface area contributed by atoms with E-state index in [1.165, 1.54) is 17.5 Å². The highest BCUT2D eigenvalue weighted by molar-refractivity contribution is 5.02. The molecule has 1 unspecified atom stereocenters. The van der Waals surface area contributed by atoms with Gasteiger partial charge in [-0.25, -0.2) is 4.68 Å². The number of nitrogens with zero attached hydrogens (tertiary/aromatic N) is 2. The fourth-order valence-electron chi connectivity index (χ4n) is 2.33. The van der Waals surface area contributed by atoms with Crippen LogP contribution in [0.15, 0.2) is 17.1 Å². The summed E-state index contributed by atoms with van der Waals surface area (Å²) in [5.41, 5.74) is 0.730. The standard InChI is InChI=1S/C12H18N2O2/c1-9-6-12(16)14(13-7-9)8-11(15)10-4-2-3-5-10/h6-7,10-11,15H,2-5,8H2,1H3. The van der Waals surface area contributed by atoms with Gasteiger partial charge in [-0.2, -0.15) is 5.10 Å². The van der Waals surface area contributed by atoms with Crippen molar-refractivity contribution < 1.29 is 5.11 Å². The minimum Gasteiger partial charge on any atom is -0.391 e. The molecule has 88 valence electrons. The molecule has 4 nitrogen and oxygen atoms in total. The van der Waals surface area contributed by atoms with Crippen LogP contribution in [0.3, 0.4) is 0 Å². The van der Waals surface area contributed by atoms with Crippen LogP contribution in [0.1, 0.15) is 31.2 Å². The highest BCUT2D eigenvalue weighted by Crippen LogP contribution is 2.27. The first-order valence-electron chi connectivity index (χ1n) is 5.88. The zero-order valence-electron chi connectivity index (χ0n) is 9.59. The molecular formula is C12H18N2O2. The zero-order valence-corrected chi connectivity index (χ0v) is 9.59. The number of hydrogen-bond acceptors (Lipinski definition) is 3. The zero-order chi connectivity index (χ0) is 11.5. The van der Waals surface area contributed by atoms with E-state index < -0.39 is 6.10 Å². The van der Waals surface area contributed by atoms with E-state index in [1.807, 2.05) is 6.92 Å². The topological polar surface area (TPSA) is 55.1 Å². The Morgan fingerprint density at radius 3 is 2.88 bits per heavy atom. The predicted molar refractivity (Wildman–Crippen MR) is 61.2 cm³/mol. The van der Waals surface area contributed by atoms with Crippen LogP contribution in [0.4, 0.5) is 0 Å². The molecule has 0 aliphatic heterocycles. The molecular weight excluding hydrogens is 204 g/mol. The minimum absolute atomic E-state index is 0.128. The first kappa shape index (κ1) is 11.3. The molecule has 1 saturated carbocycles. The molecule has 1 fully saturated rings. The number of rotatable bonds is 3. The second kappa shape index (κ2) is 4.78. The summed E-state index contributed by atoms with van der Waals surface area (Å²) in [6.45, 7) is 2.16. The van der Waals surface area contributed by atoms with Gasteiger partial charge >= 0.3 is 0 Å². The van der Waals surface area contributed by atoms with Crippen molar-refractivity contribution in [3.63, 3.8) is 0 Å². The third kappa shape index (κ3) is 2.50. The summed E-state index contributed by atoms with van der Waals surface area (Å²) in [6, 6.07) is 1.55. The Morgan fingerprint density at radius 2 is 2.25 bits per heavy atom. The van der Waals surface area contributed by atoms with Crippen molar-refractivity contribution in [1.29, 1.82) is 0 Å². The first-order chi connectivity index (χ1) is 7.66. The van der Waals surface area contributed by atoms with E-state index in [9.17, 15) is 9.90 Å². The van der Waals surface area contributed by atoms with E-state index >= 15 is 0 Å². The molecule has 4 heteroatoms. The average Bonchev–Trinajstić information content (AvgIpc) is 2.75. The van der Waals surface area contributed by atoms with Crippen molar-refractivity contribution in [3.8, 4) is 0 Å². The van der Waals surface area contributed by atoms with Gasteiger partial charge in [-0.1, -0.05) is 12.8 Å². The van der Waals surface area contributed by atoms with Gasteiger partial charge in [-0.05, 0) is 31.2 Å². The molecule has 1 aliphatic carbocycles. The fraction of sp³-hybridized carbons (Fsp3) is 0.667. The smallest absolute Gasteiger partial charge is 0.267 e. The van der Waals surface area contributed by atoms with E-state index in [1.54, 1.807) is 12.3 Å². The molecule has 0 spiro atoms. The lowest BCUT2D eigenvalue weighted by atomic mass is 10.0. The lowest BCUT2D eigenvalue weighted by Crippen LogP contribution is -2.31. The first-order valence-corrected chi connectivity index (χ1v) is 5.88. The van der Waals surface area contributed by atoms with E-state index in [0.29, 0.717) is 12.5 Å². The molecule has 1 aromatic rings. The van der Waals surface area contributed by atoms with Crippen molar-refractivity contribution in [2.45, 2.75) is 45.3 Å². The van der Waals surface area contributed by atoms with Crippen LogP contribution in [-0.4, -0.2) is 21.0 Å². The van der Waals surface area contributed by atoms with Crippen LogP contribution in [0, 0.1) is 12.8 Å². The Labute approximate surface area is 94.9 Å². The van der Waals surface area contributed by atoms with Gasteiger partial charge in [-0.3, -0.25) is 4.79 Å². The maximum absolute atomic E-state index is 11.6. The molecule has 1 heterocycles. The normalized spacial score (nSPS) is 18.9. The van der Waals surface area contributed by atoms with Gasteiger partial charge < -0.3 is 5.11 Å². The van der Waals surface area contributed by atoms with Crippen molar-refractivity contribution in [2.75, 3.05) is 0 Å². The maximum atomic E-state index is 11.6. The van der Waals surface area contributed by atoms with Gasteiger partial charge in [0.2, 0.25) is 0 Å². The lowest BCUT2D eigenvalue weighted by Gasteiger charge is -2.17. The van der Waals surface area contributed by atoms with E-state index in [2.05, 4.69) is 5.10 Å². The summed E-state index contributed by atoms with van der Waals surface area (Å²) in [5.74, 6) is 0.343. The molecule has 1 N–H and O–H groups in total. The van der Waals surface area contributed by atoms with Crippen LogP contribution >= 0.6 is 0 Å². The fourth-order valence-corrected chi connectivity index (χ4v) is 2.33. The molecule has 1 aliphatic rings. The van der Waals surface area contributed by atoms with Crippen molar-refractivity contribution in [3.05, 3.63) is 28.2 Å². The Bertz CT molecular complexity index is 408. The SMILES string of the molecule is Cc1cnn(CC(O)C2CCCC2)c(=O)c1. The van der Waals surface area contributed by atoms with Crippen molar-refractivity contribution in [2.24, 2.45) is 5.92 Å². The van der Waals surface area contributed by atoms with Gasteiger partial charge in [0.05, 0.1) is 18.8 Å². The third-order valence-corrected chi connectivity index (χ3v) is 3.31. The summed E-state index contributed by atoms with van der Waals surface area (Å²) < 4.78 is 1.36.